The Balaban J connectivity index is 1.41. The molecule has 2 aliphatic heterocycles. The summed E-state index contributed by atoms with van der Waals surface area (Å²) in [5.41, 5.74) is 2.70. The van der Waals surface area contributed by atoms with Crippen LogP contribution in [0.25, 0.3) is 0 Å². The second-order valence-electron chi connectivity index (χ2n) is 10.0. The van der Waals surface area contributed by atoms with Gasteiger partial charge < -0.3 is 19.5 Å². The minimum Gasteiger partial charge on any atom is -0.491 e. The van der Waals surface area contributed by atoms with E-state index in [9.17, 15) is 9.90 Å². The number of carbonyl (C=O) groups excluding carboxylic acids is 1. The Morgan fingerprint density at radius 1 is 1.18 bits per heavy atom. The Hall–Kier alpha value is -2.41. The molecule has 2 aromatic carbocycles. The maximum absolute atomic E-state index is 13.2. The van der Waals surface area contributed by atoms with Crippen molar-refractivity contribution in [3.63, 3.8) is 0 Å². The topological polar surface area (TPSA) is 62.2 Å². The van der Waals surface area contributed by atoms with Crippen molar-refractivity contribution in [3.8, 4) is 5.75 Å². The van der Waals surface area contributed by atoms with Crippen molar-refractivity contribution in [1.82, 2.24) is 9.80 Å². The van der Waals surface area contributed by atoms with Gasteiger partial charge in [-0.1, -0.05) is 30.3 Å². The highest BCUT2D eigenvalue weighted by Gasteiger charge is 2.43. The van der Waals surface area contributed by atoms with E-state index in [1.807, 2.05) is 49.9 Å². The van der Waals surface area contributed by atoms with Gasteiger partial charge in [0, 0.05) is 44.9 Å². The smallest absolute Gasteiger partial charge is 0.253 e. The summed E-state index contributed by atoms with van der Waals surface area (Å²) in [6.07, 6.45) is 2.37. The first-order valence-electron chi connectivity index (χ1n) is 12.5. The van der Waals surface area contributed by atoms with Crippen molar-refractivity contribution in [3.05, 3.63) is 65.2 Å². The zero-order valence-electron chi connectivity index (χ0n) is 20.7. The lowest BCUT2D eigenvalue weighted by atomic mass is 9.87. The first-order chi connectivity index (χ1) is 16.4. The summed E-state index contributed by atoms with van der Waals surface area (Å²) in [7, 11) is 0. The standard InChI is InChI=1S/C28H38N2O4/c1-21(2)33-26-10-9-24(17-22(26)3)27(32)30-14-12-28(13-15-30)20-29(19-25(34-28)11-16-31)18-23-7-5-4-6-8-23/h4-10,17,21,25,31H,11-16,18-20H2,1-3H3. The van der Waals surface area contributed by atoms with Gasteiger partial charge in [0.1, 0.15) is 5.75 Å². The second-order valence-corrected chi connectivity index (χ2v) is 10.0. The Kier molecular flexibility index (Phi) is 7.91. The van der Waals surface area contributed by atoms with Crippen LogP contribution in [0.3, 0.4) is 0 Å². The highest BCUT2D eigenvalue weighted by molar-refractivity contribution is 5.94. The quantitative estimate of drug-likeness (QED) is 0.667. The van der Waals surface area contributed by atoms with Gasteiger partial charge in [-0.3, -0.25) is 9.69 Å². The predicted octanol–water partition coefficient (Wildman–Crippen LogP) is 4.04. The van der Waals surface area contributed by atoms with Crippen molar-refractivity contribution in [1.29, 1.82) is 0 Å². The molecule has 1 spiro atoms. The molecule has 184 valence electrons. The number of aryl methyl sites for hydroxylation is 1. The maximum Gasteiger partial charge on any atom is 0.253 e. The molecular formula is C28H38N2O4. The summed E-state index contributed by atoms with van der Waals surface area (Å²) in [4.78, 5) is 17.6. The van der Waals surface area contributed by atoms with Gasteiger partial charge in [0.25, 0.3) is 5.91 Å². The molecule has 1 amide bonds. The van der Waals surface area contributed by atoms with Crippen molar-refractivity contribution in [2.75, 3.05) is 32.8 Å². The van der Waals surface area contributed by atoms with E-state index in [2.05, 4.69) is 29.2 Å². The number of likely N-dealkylation sites (tertiary alicyclic amines) is 1. The third-order valence-electron chi connectivity index (χ3n) is 6.84. The van der Waals surface area contributed by atoms with E-state index < -0.39 is 0 Å². The molecule has 2 aromatic rings. The third kappa shape index (κ3) is 5.98. The minimum absolute atomic E-state index is 0.0147. The van der Waals surface area contributed by atoms with Crippen LogP contribution in [0.2, 0.25) is 0 Å². The average Bonchev–Trinajstić information content (AvgIpc) is 2.81. The van der Waals surface area contributed by atoms with Crippen LogP contribution >= 0.6 is 0 Å². The number of piperidine rings is 1. The van der Waals surface area contributed by atoms with Crippen molar-refractivity contribution < 1.29 is 19.4 Å². The molecule has 2 fully saturated rings. The maximum atomic E-state index is 13.2. The number of morpholine rings is 1. The predicted molar refractivity (Wildman–Crippen MR) is 133 cm³/mol. The summed E-state index contributed by atoms with van der Waals surface area (Å²) in [6.45, 7) is 10.0. The molecule has 0 radical (unpaired) electrons. The molecule has 0 aliphatic carbocycles. The zero-order valence-corrected chi connectivity index (χ0v) is 20.7. The lowest BCUT2D eigenvalue weighted by Crippen LogP contribution is -2.60. The summed E-state index contributed by atoms with van der Waals surface area (Å²) < 4.78 is 12.4. The molecule has 6 heteroatoms. The van der Waals surface area contributed by atoms with Gasteiger partial charge in [0.15, 0.2) is 0 Å². The number of nitrogens with zero attached hydrogens (tertiary/aromatic N) is 2. The number of hydrogen-bond donors (Lipinski definition) is 1. The minimum atomic E-state index is -0.269. The number of benzene rings is 2. The van der Waals surface area contributed by atoms with E-state index in [1.165, 1.54) is 5.56 Å². The van der Waals surface area contributed by atoms with Crippen LogP contribution in [0.4, 0.5) is 0 Å². The molecule has 4 rings (SSSR count). The Bertz CT molecular complexity index is 954. The molecule has 2 heterocycles. The van der Waals surface area contributed by atoms with Crippen molar-refractivity contribution in [2.24, 2.45) is 0 Å². The van der Waals surface area contributed by atoms with E-state index in [0.717, 1.165) is 43.8 Å². The summed E-state index contributed by atoms with van der Waals surface area (Å²) in [6, 6.07) is 16.2. The van der Waals surface area contributed by atoms with Gasteiger partial charge in [0.05, 0.1) is 17.8 Å². The molecule has 0 saturated carbocycles. The van der Waals surface area contributed by atoms with Crippen LogP contribution in [0.15, 0.2) is 48.5 Å². The van der Waals surface area contributed by atoms with Crippen LogP contribution < -0.4 is 4.74 Å². The fourth-order valence-corrected chi connectivity index (χ4v) is 5.19. The average molecular weight is 467 g/mol. The van der Waals surface area contributed by atoms with Gasteiger partial charge in [0.2, 0.25) is 0 Å². The summed E-state index contributed by atoms with van der Waals surface area (Å²) in [5, 5.41) is 9.55. The third-order valence-corrected chi connectivity index (χ3v) is 6.84. The Morgan fingerprint density at radius 3 is 2.56 bits per heavy atom. The number of aliphatic hydroxyl groups is 1. The van der Waals surface area contributed by atoms with Crippen LogP contribution in [0, 0.1) is 6.92 Å². The molecule has 0 aromatic heterocycles. The van der Waals surface area contributed by atoms with Gasteiger partial charge in [-0.05, 0) is 69.4 Å². The fraction of sp³-hybridized carbons (Fsp3) is 0.536. The monoisotopic (exact) mass is 466 g/mol. The number of aliphatic hydroxyl groups excluding tert-OH is 1. The molecule has 6 nitrogen and oxygen atoms in total. The van der Waals surface area contributed by atoms with Crippen LogP contribution in [0.5, 0.6) is 5.75 Å². The van der Waals surface area contributed by atoms with Gasteiger partial charge in [-0.15, -0.1) is 0 Å². The van der Waals surface area contributed by atoms with Crippen molar-refractivity contribution >= 4 is 5.91 Å². The Morgan fingerprint density at radius 2 is 1.91 bits per heavy atom. The molecular weight excluding hydrogens is 428 g/mol. The lowest BCUT2D eigenvalue weighted by Gasteiger charge is -2.50. The van der Waals surface area contributed by atoms with E-state index in [0.29, 0.717) is 25.1 Å². The molecule has 2 saturated heterocycles. The highest BCUT2D eigenvalue weighted by Crippen LogP contribution is 2.34. The largest absolute Gasteiger partial charge is 0.491 e. The lowest BCUT2D eigenvalue weighted by molar-refractivity contribution is -0.178. The molecule has 1 atom stereocenters. The molecule has 34 heavy (non-hydrogen) atoms. The number of rotatable bonds is 7. The van der Waals surface area contributed by atoms with Crippen LogP contribution in [-0.4, -0.2) is 71.4 Å². The van der Waals surface area contributed by atoms with E-state index >= 15 is 0 Å². The normalized spacial score (nSPS) is 20.6. The number of hydrogen-bond acceptors (Lipinski definition) is 5. The van der Waals surface area contributed by atoms with Gasteiger partial charge >= 0.3 is 0 Å². The number of ether oxygens (including phenoxy) is 2. The van der Waals surface area contributed by atoms with Gasteiger partial charge in [-0.2, -0.15) is 0 Å². The number of carbonyl (C=O) groups is 1. The second kappa shape index (κ2) is 10.9. The molecule has 1 unspecified atom stereocenters. The number of amides is 1. The first kappa shape index (κ1) is 24.7. The molecule has 0 bridgehead atoms. The van der Waals surface area contributed by atoms with E-state index in [4.69, 9.17) is 9.47 Å². The molecule has 2 aliphatic rings. The van der Waals surface area contributed by atoms with Crippen LogP contribution in [0.1, 0.15) is 54.6 Å². The summed E-state index contributed by atoms with van der Waals surface area (Å²) >= 11 is 0. The SMILES string of the molecule is Cc1cc(C(=O)N2CCC3(CC2)CN(Cc2ccccc2)CC(CCO)O3)ccc1OC(C)C. The van der Waals surface area contributed by atoms with E-state index in [1.54, 1.807) is 0 Å². The van der Waals surface area contributed by atoms with E-state index in [-0.39, 0.29) is 30.3 Å². The first-order valence-corrected chi connectivity index (χ1v) is 12.5. The Labute approximate surface area is 203 Å². The van der Waals surface area contributed by atoms with Gasteiger partial charge in [-0.25, -0.2) is 0 Å². The highest BCUT2D eigenvalue weighted by atomic mass is 16.5. The summed E-state index contributed by atoms with van der Waals surface area (Å²) in [5.74, 6) is 0.895. The zero-order chi connectivity index (χ0) is 24.1. The molecule has 1 N–H and O–H groups in total. The van der Waals surface area contributed by atoms with Crippen molar-refractivity contribution in [2.45, 2.75) is 64.4 Å². The fourth-order valence-electron chi connectivity index (χ4n) is 5.19. The van der Waals surface area contributed by atoms with Crippen LogP contribution in [-0.2, 0) is 11.3 Å².